The monoisotopic (exact) mass is 414 g/mol. The van der Waals surface area contributed by atoms with Crippen molar-refractivity contribution >= 4 is 22.9 Å². The number of ether oxygens (including phenoxy) is 1. The average Bonchev–Trinajstić information content (AvgIpc) is 3.19. The minimum Gasteiger partial charge on any atom is -0.497 e. The molecule has 0 radical (unpaired) electrons. The fourth-order valence-corrected chi connectivity index (χ4v) is 3.17. The first-order valence-corrected chi connectivity index (χ1v) is 10.2. The van der Waals surface area contributed by atoms with Gasteiger partial charge in [0.25, 0.3) is 0 Å². The van der Waals surface area contributed by atoms with Crippen LogP contribution in [0.25, 0.3) is 11.2 Å². The van der Waals surface area contributed by atoms with Crippen LogP contribution in [0, 0.1) is 0 Å². The van der Waals surface area contributed by atoms with E-state index in [0.717, 1.165) is 17.0 Å². The molecule has 3 aromatic rings. The van der Waals surface area contributed by atoms with Crippen LogP contribution in [0.4, 0.5) is 11.8 Å². The molecular weight excluding hydrogens is 384 g/mol. The van der Waals surface area contributed by atoms with Gasteiger partial charge in [0.15, 0.2) is 17.0 Å². The molecule has 3 rings (SSSR count). The van der Waals surface area contributed by atoms with E-state index in [2.05, 4.69) is 24.1 Å². The SMILES string of the molecule is COc1ccc(CNc2nc(N(CCO)CCCO)nc3c2ncn3C(C)C)cc1. The largest absolute Gasteiger partial charge is 0.497 e. The van der Waals surface area contributed by atoms with E-state index in [-0.39, 0.29) is 19.3 Å². The van der Waals surface area contributed by atoms with Gasteiger partial charge in [0.2, 0.25) is 5.95 Å². The number of methoxy groups -OCH3 is 1. The molecule has 3 N–H and O–H groups in total. The lowest BCUT2D eigenvalue weighted by Crippen LogP contribution is -2.30. The van der Waals surface area contributed by atoms with Gasteiger partial charge < -0.3 is 29.7 Å². The van der Waals surface area contributed by atoms with E-state index in [1.807, 2.05) is 33.7 Å². The maximum Gasteiger partial charge on any atom is 0.229 e. The van der Waals surface area contributed by atoms with Crippen molar-refractivity contribution in [3.05, 3.63) is 36.2 Å². The van der Waals surface area contributed by atoms with Crippen LogP contribution in [0.15, 0.2) is 30.6 Å². The van der Waals surface area contributed by atoms with Crippen LogP contribution >= 0.6 is 0 Å². The van der Waals surface area contributed by atoms with Crippen LogP contribution in [-0.2, 0) is 6.54 Å². The molecule has 0 saturated carbocycles. The molecule has 2 aromatic heterocycles. The molecule has 0 aliphatic carbocycles. The minimum atomic E-state index is -0.0229. The third kappa shape index (κ3) is 4.98. The second-order valence-corrected chi connectivity index (χ2v) is 7.28. The number of hydrogen-bond acceptors (Lipinski definition) is 8. The summed E-state index contributed by atoms with van der Waals surface area (Å²) in [6, 6.07) is 8.03. The summed E-state index contributed by atoms with van der Waals surface area (Å²) in [5.74, 6) is 1.95. The van der Waals surface area contributed by atoms with Gasteiger partial charge in [0.1, 0.15) is 5.75 Å². The summed E-state index contributed by atoms with van der Waals surface area (Å²) in [5.41, 5.74) is 2.52. The molecule has 0 aliphatic heterocycles. The molecular formula is C21H30N6O3. The number of aliphatic hydroxyl groups excluding tert-OH is 2. The fourth-order valence-electron chi connectivity index (χ4n) is 3.17. The van der Waals surface area contributed by atoms with Crippen LogP contribution < -0.4 is 15.0 Å². The number of hydrogen-bond donors (Lipinski definition) is 3. The average molecular weight is 415 g/mol. The number of imidazole rings is 1. The van der Waals surface area contributed by atoms with E-state index in [1.54, 1.807) is 13.4 Å². The lowest BCUT2D eigenvalue weighted by atomic mass is 10.2. The molecule has 9 nitrogen and oxygen atoms in total. The molecule has 30 heavy (non-hydrogen) atoms. The van der Waals surface area contributed by atoms with Gasteiger partial charge in [-0.15, -0.1) is 0 Å². The molecule has 0 atom stereocenters. The third-order valence-electron chi connectivity index (χ3n) is 4.82. The van der Waals surface area contributed by atoms with E-state index in [4.69, 9.17) is 14.7 Å². The van der Waals surface area contributed by atoms with Crippen molar-refractivity contribution in [1.82, 2.24) is 19.5 Å². The van der Waals surface area contributed by atoms with Gasteiger partial charge in [0, 0.05) is 32.3 Å². The van der Waals surface area contributed by atoms with Gasteiger partial charge in [-0.1, -0.05) is 12.1 Å². The Morgan fingerprint density at radius 2 is 1.87 bits per heavy atom. The van der Waals surface area contributed by atoms with Crippen LogP contribution in [0.2, 0.25) is 0 Å². The van der Waals surface area contributed by atoms with Crippen molar-refractivity contribution in [2.24, 2.45) is 0 Å². The zero-order chi connectivity index (χ0) is 21.5. The van der Waals surface area contributed by atoms with Crippen molar-refractivity contribution in [2.75, 3.05) is 43.6 Å². The Bertz CT molecular complexity index is 942. The fraction of sp³-hybridized carbons (Fsp3) is 0.476. The third-order valence-corrected chi connectivity index (χ3v) is 4.82. The summed E-state index contributed by atoms with van der Waals surface area (Å²) in [6.07, 6.45) is 2.34. The van der Waals surface area contributed by atoms with Crippen LogP contribution in [0.3, 0.4) is 0 Å². The maximum absolute atomic E-state index is 9.47. The lowest BCUT2D eigenvalue weighted by molar-refractivity contribution is 0.280. The van der Waals surface area contributed by atoms with Crippen molar-refractivity contribution in [1.29, 1.82) is 0 Å². The number of nitrogens with zero attached hydrogens (tertiary/aromatic N) is 5. The minimum absolute atomic E-state index is 0.0229. The van der Waals surface area contributed by atoms with Gasteiger partial charge in [-0.25, -0.2) is 4.98 Å². The first-order valence-electron chi connectivity index (χ1n) is 10.2. The normalized spacial score (nSPS) is 11.3. The molecule has 0 aliphatic rings. The number of rotatable bonds is 11. The van der Waals surface area contributed by atoms with E-state index in [0.29, 0.717) is 43.3 Å². The number of fused-ring (bicyclic) bond motifs is 1. The van der Waals surface area contributed by atoms with Gasteiger partial charge >= 0.3 is 0 Å². The standard InChI is InChI=1S/C21H30N6O3/c1-15(2)27-14-23-18-19(22-13-16-5-7-17(30-3)8-6-16)24-21(25-20(18)27)26(10-12-29)9-4-11-28/h5-8,14-15,28-29H,4,9-13H2,1-3H3,(H,22,24,25). The first-order chi connectivity index (χ1) is 14.6. The lowest BCUT2D eigenvalue weighted by Gasteiger charge is -2.22. The second kappa shape index (κ2) is 10.2. The van der Waals surface area contributed by atoms with Gasteiger partial charge in [-0.05, 0) is 38.0 Å². The molecule has 0 fully saturated rings. The van der Waals surface area contributed by atoms with E-state index < -0.39 is 0 Å². The zero-order valence-corrected chi connectivity index (χ0v) is 17.7. The molecule has 2 heterocycles. The Hall–Kier alpha value is -2.91. The van der Waals surface area contributed by atoms with Crippen molar-refractivity contribution in [2.45, 2.75) is 32.9 Å². The Morgan fingerprint density at radius 3 is 2.50 bits per heavy atom. The molecule has 9 heteroatoms. The summed E-state index contributed by atoms with van der Waals surface area (Å²) in [6.45, 7) is 5.70. The number of anilines is 2. The molecule has 0 bridgehead atoms. The Morgan fingerprint density at radius 1 is 1.10 bits per heavy atom. The molecule has 1 aromatic carbocycles. The van der Waals surface area contributed by atoms with Crippen molar-refractivity contribution in [3.63, 3.8) is 0 Å². The van der Waals surface area contributed by atoms with Gasteiger partial charge in [0.05, 0.1) is 20.0 Å². The molecule has 162 valence electrons. The number of aliphatic hydroxyl groups is 2. The predicted octanol–water partition coefficient (Wildman–Crippen LogP) is 2.21. The maximum atomic E-state index is 9.47. The van der Waals surface area contributed by atoms with Gasteiger partial charge in [-0.3, -0.25) is 0 Å². The topological polar surface area (TPSA) is 109 Å². The highest BCUT2D eigenvalue weighted by Crippen LogP contribution is 2.25. The smallest absolute Gasteiger partial charge is 0.229 e. The number of nitrogens with one attached hydrogen (secondary N) is 1. The van der Waals surface area contributed by atoms with Gasteiger partial charge in [-0.2, -0.15) is 9.97 Å². The number of benzene rings is 1. The predicted molar refractivity (Wildman–Crippen MR) is 117 cm³/mol. The van der Waals surface area contributed by atoms with E-state index in [9.17, 15) is 10.2 Å². The molecule has 0 spiro atoms. The quantitative estimate of drug-likeness (QED) is 0.438. The van der Waals surface area contributed by atoms with Crippen molar-refractivity contribution in [3.8, 4) is 5.75 Å². The summed E-state index contributed by atoms with van der Waals surface area (Å²) in [5, 5.41) is 22.1. The van der Waals surface area contributed by atoms with E-state index >= 15 is 0 Å². The molecule has 0 unspecified atom stereocenters. The highest BCUT2D eigenvalue weighted by Gasteiger charge is 2.18. The molecule has 0 saturated heterocycles. The van der Waals surface area contributed by atoms with E-state index in [1.165, 1.54) is 0 Å². The van der Waals surface area contributed by atoms with Crippen LogP contribution in [0.5, 0.6) is 5.75 Å². The second-order valence-electron chi connectivity index (χ2n) is 7.28. The van der Waals surface area contributed by atoms with Crippen LogP contribution in [0.1, 0.15) is 31.9 Å². The highest BCUT2D eigenvalue weighted by atomic mass is 16.5. The summed E-state index contributed by atoms with van der Waals surface area (Å²) < 4.78 is 7.22. The highest BCUT2D eigenvalue weighted by molar-refractivity contribution is 5.84. The Labute approximate surface area is 176 Å². The molecule has 0 amide bonds. The first kappa shape index (κ1) is 21.8. The number of aromatic nitrogens is 4. The zero-order valence-electron chi connectivity index (χ0n) is 17.7. The Kier molecular flexibility index (Phi) is 7.42. The summed E-state index contributed by atoms with van der Waals surface area (Å²) in [4.78, 5) is 15.9. The Balaban J connectivity index is 1.95. The summed E-state index contributed by atoms with van der Waals surface area (Å²) in [7, 11) is 1.65. The van der Waals surface area contributed by atoms with Crippen molar-refractivity contribution < 1.29 is 14.9 Å². The summed E-state index contributed by atoms with van der Waals surface area (Å²) >= 11 is 0. The van der Waals surface area contributed by atoms with Crippen LogP contribution in [-0.4, -0.2) is 63.1 Å².